The SMILES string of the molecule is COc1ccc2c(c1)CC1(NC(=O)C(F)(F)F)C(=O)C=C3C(=C21)CCN3C. The van der Waals surface area contributed by atoms with E-state index in [4.69, 9.17) is 4.74 Å². The number of allylic oxidation sites excluding steroid dienone is 1. The van der Waals surface area contributed by atoms with Gasteiger partial charge in [-0.3, -0.25) is 9.59 Å². The lowest BCUT2D eigenvalue weighted by atomic mass is 9.78. The Balaban J connectivity index is 1.92. The molecule has 1 aromatic rings. The molecule has 8 heteroatoms. The van der Waals surface area contributed by atoms with Crippen LogP contribution >= 0.6 is 0 Å². The van der Waals surface area contributed by atoms with Gasteiger partial charge < -0.3 is 15.0 Å². The highest BCUT2D eigenvalue weighted by atomic mass is 19.4. The first-order valence-electron chi connectivity index (χ1n) is 8.45. The molecule has 1 aliphatic heterocycles. The first kappa shape index (κ1) is 17.6. The normalized spacial score (nSPS) is 23.7. The van der Waals surface area contributed by atoms with Gasteiger partial charge in [0.2, 0.25) is 0 Å². The lowest BCUT2D eigenvalue weighted by molar-refractivity contribution is -0.175. The Morgan fingerprint density at radius 3 is 2.74 bits per heavy atom. The molecule has 1 amide bonds. The van der Waals surface area contributed by atoms with Crippen LogP contribution in [0.15, 0.2) is 35.5 Å². The van der Waals surface area contributed by atoms with Gasteiger partial charge in [-0.1, -0.05) is 6.07 Å². The fraction of sp³-hybridized carbons (Fsp3) is 0.368. The second-order valence-corrected chi connectivity index (χ2v) is 6.98. The maximum Gasteiger partial charge on any atom is 0.471 e. The van der Waals surface area contributed by atoms with Crippen LogP contribution in [0, 0.1) is 0 Å². The number of halogens is 3. The lowest BCUT2D eigenvalue weighted by Gasteiger charge is -2.35. The van der Waals surface area contributed by atoms with E-state index in [1.54, 1.807) is 18.2 Å². The average molecular weight is 378 g/mol. The molecule has 4 rings (SSSR count). The van der Waals surface area contributed by atoms with Crippen LogP contribution in [-0.4, -0.2) is 49.0 Å². The third kappa shape index (κ3) is 2.46. The van der Waals surface area contributed by atoms with Gasteiger partial charge in [0.25, 0.3) is 0 Å². The van der Waals surface area contributed by atoms with Crippen molar-refractivity contribution in [2.75, 3.05) is 20.7 Å². The van der Waals surface area contributed by atoms with Gasteiger partial charge in [-0.05, 0) is 40.8 Å². The van der Waals surface area contributed by atoms with Crippen LogP contribution in [0.5, 0.6) is 5.75 Å². The van der Waals surface area contributed by atoms with Crippen LogP contribution in [0.2, 0.25) is 0 Å². The number of nitrogens with zero attached hydrogens (tertiary/aromatic N) is 1. The molecule has 2 aliphatic carbocycles. The number of amides is 1. The van der Waals surface area contributed by atoms with Gasteiger partial charge >= 0.3 is 12.1 Å². The number of fused-ring (bicyclic) bond motifs is 4. The molecule has 0 spiro atoms. The van der Waals surface area contributed by atoms with E-state index in [0.717, 1.165) is 5.57 Å². The summed E-state index contributed by atoms with van der Waals surface area (Å²) in [4.78, 5) is 26.7. The number of benzene rings is 1. The quantitative estimate of drug-likeness (QED) is 0.858. The number of carbonyl (C=O) groups excluding carboxylic acids is 2. The van der Waals surface area contributed by atoms with E-state index in [1.807, 2.05) is 17.3 Å². The van der Waals surface area contributed by atoms with E-state index in [9.17, 15) is 22.8 Å². The van der Waals surface area contributed by atoms with Crippen molar-refractivity contribution in [3.05, 3.63) is 46.7 Å². The Hall–Kier alpha value is -2.77. The second-order valence-electron chi connectivity index (χ2n) is 6.98. The number of ketones is 1. The molecular formula is C19H17F3N2O3. The molecule has 1 fully saturated rings. The van der Waals surface area contributed by atoms with Crippen molar-refractivity contribution in [2.24, 2.45) is 0 Å². The van der Waals surface area contributed by atoms with Gasteiger partial charge in [0, 0.05) is 31.8 Å². The van der Waals surface area contributed by atoms with Gasteiger partial charge in [0.15, 0.2) is 5.78 Å². The van der Waals surface area contributed by atoms with Gasteiger partial charge in [0.1, 0.15) is 11.3 Å². The minimum atomic E-state index is -5.08. The molecule has 1 aromatic carbocycles. The number of nitrogens with one attached hydrogen (secondary N) is 1. The zero-order valence-electron chi connectivity index (χ0n) is 14.7. The summed E-state index contributed by atoms with van der Waals surface area (Å²) < 4.78 is 44.1. The standard InChI is InChI=1S/C19H17F3N2O3/c1-24-6-5-13-14(24)8-15(25)18(23-17(26)19(20,21)22)9-10-7-11(27-2)3-4-12(10)16(13)18/h3-4,7-8H,5-6,9H2,1-2H3,(H,23,26). The zero-order chi connectivity index (χ0) is 19.6. The molecule has 1 unspecified atom stereocenters. The molecule has 0 radical (unpaired) electrons. The fourth-order valence-corrected chi connectivity index (χ4v) is 4.21. The van der Waals surface area contributed by atoms with Gasteiger partial charge in [-0.15, -0.1) is 0 Å². The molecule has 0 aromatic heterocycles. The molecule has 5 nitrogen and oxygen atoms in total. The van der Waals surface area contributed by atoms with Gasteiger partial charge in [-0.25, -0.2) is 0 Å². The van der Waals surface area contributed by atoms with Gasteiger partial charge in [-0.2, -0.15) is 13.2 Å². The molecule has 142 valence electrons. The number of ether oxygens (including phenoxy) is 1. The van der Waals surface area contributed by atoms with E-state index in [1.165, 1.54) is 13.2 Å². The Kier molecular flexibility index (Phi) is 3.66. The van der Waals surface area contributed by atoms with Crippen molar-refractivity contribution in [3.8, 4) is 5.75 Å². The number of hydrogen-bond acceptors (Lipinski definition) is 4. The van der Waals surface area contributed by atoms with E-state index in [2.05, 4.69) is 0 Å². The first-order valence-corrected chi connectivity index (χ1v) is 8.45. The zero-order valence-corrected chi connectivity index (χ0v) is 14.7. The monoisotopic (exact) mass is 378 g/mol. The van der Waals surface area contributed by atoms with E-state index in [-0.39, 0.29) is 6.42 Å². The highest BCUT2D eigenvalue weighted by Crippen LogP contribution is 2.50. The summed E-state index contributed by atoms with van der Waals surface area (Å²) in [5.74, 6) is -2.12. The molecule has 3 aliphatic rings. The molecule has 27 heavy (non-hydrogen) atoms. The Morgan fingerprint density at radius 2 is 2.07 bits per heavy atom. The molecule has 1 heterocycles. The van der Waals surface area contributed by atoms with Crippen molar-refractivity contribution < 1.29 is 27.5 Å². The smallest absolute Gasteiger partial charge is 0.471 e. The highest BCUT2D eigenvalue weighted by molar-refractivity contribution is 6.16. The maximum atomic E-state index is 13.0. The molecule has 0 bridgehead atoms. The Bertz CT molecular complexity index is 933. The average Bonchev–Trinajstić information content (AvgIpc) is 3.12. The third-order valence-corrected chi connectivity index (χ3v) is 5.46. The first-order chi connectivity index (χ1) is 12.7. The van der Waals surface area contributed by atoms with Crippen molar-refractivity contribution in [1.29, 1.82) is 0 Å². The predicted octanol–water partition coefficient (Wildman–Crippen LogP) is 2.22. The number of rotatable bonds is 2. The third-order valence-electron chi connectivity index (χ3n) is 5.46. The summed E-state index contributed by atoms with van der Waals surface area (Å²) in [6, 6.07) is 5.15. The van der Waals surface area contributed by atoms with Crippen LogP contribution in [0.1, 0.15) is 17.5 Å². The van der Waals surface area contributed by atoms with Gasteiger partial charge in [0.05, 0.1) is 7.11 Å². The van der Waals surface area contributed by atoms with E-state index in [0.29, 0.717) is 41.1 Å². The van der Waals surface area contributed by atoms with Crippen LogP contribution in [0.4, 0.5) is 13.2 Å². The number of likely N-dealkylation sites (tertiary alicyclic amines) is 1. The molecular weight excluding hydrogens is 361 g/mol. The summed E-state index contributed by atoms with van der Waals surface area (Å²) in [5, 5.41) is 2.02. The van der Waals surface area contributed by atoms with Crippen LogP contribution in [-0.2, 0) is 16.0 Å². The lowest BCUT2D eigenvalue weighted by Crippen LogP contribution is -2.58. The van der Waals surface area contributed by atoms with Crippen molar-refractivity contribution >= 4 is 17.3 Å². The molecule has 1 atom stereocenters. The number of likely N-dealkylation sites (N-methyl/N-ethyl adjacent to an activating group) is 1. The number of methoxy groups -OCH3 is 1. The molecule has 1 N–H and O–H groups in total. The summed E-state index contributed by atoms with van der Waals surface area (Å²) in [6.07, 6.45) is -3.16. The fourth-order valence-electron chi connectivity index (χ4n) is 4.21. The minimum absolute atomic E-state index is 0.0352. The predicted molar refractivity (Wildman–Crippen MR) is 90.9 cm³/mol. The van der Waals surface area contributed by atoms with E-state index < -0.39 is 23.4 Å². The van der Waals surface area contributed by atoms with Crippen molar-refractivity contribution in [2.45, 2.75) is 24.6 Å². The second kappa shape index (κ2) is 5.61. The van der Waals surface area contributed by atoms with Crippen LogP contribution < -0.4 is 10.1 Å². The Labute approximate surface area is 153 Å². The molecule has 0 saturated carbocycles. The summed E-state index contributed by atoms with van der Waals surface area (Å²) in [7, 11) is 3.32. The van der Waals surface area contributed by atoms with Crippen LogP contribution in [0.25, 0.3) is 5.57 Å². The number of hydrogen-bond donors (Lipinski definition) is 1. The molecule has 1 saturated heterocycles. The number of carbonyl (C=O) groups is 2. The summed E-state index contributed by atoms with van der Waals surface area (Å²) >= 11 is 0. The topological polar surface area (TPSA) is 58.6 Å². The van der Waals surface area contributed by atoms with Crippen molar-refractivity contribution in [1.82, 2.24) is 10.2 Å². The largest absolute Gasteiger partial charge is 0.497 e. The summed E-state index contributed by atoms with van der Waals surface area (Å²) in [5.41, 5.74) is 1.62. The Morgan fingerprint density at radius 1 is 1.33 bits per heavy atom. The minimum Gasteiger partial charge on any atom is -0.497 e. The summed E-state index contributed by atoms with van der Waals surface area (Å²) in [6.45, 7) is 0.659. The van der Waals surface area contributed by atoms with E-state index >= 15 is 0 Å². The number of alkyl halides is 3. The van der Waals surface area contributed by atoms with Crippen LogP contribution in [0.3, 0.4) is 0 Å². The highest BCUT2D eigenvalue weighted by Gasteiger charge is 2.55. The maximum absolute atomic E-state index is 13.0. The van der Waals surface area contributed by atoms with Crippen molar-refractivity contribution in [3.63, 3.8) is 0 Å².